The maximum absolute atomic E-state index is 12.9. The molecule has 0 aromatic rings. The molecule has 0 aliphatic carbocycles. The molecule has 1 saturated heterocycles. The second-order valence-electron chi connectivity index (χ2n) is 2.35. The van der Waals surface area contributed by atoms with Crippen LogP contribution in [0.1, 0.15) is 13.3 Å². The summed E-state index contributed by atoms with van der Waals surface area (Å²) in [4.78, 5) is 0. The Morgan fingerprint density at radius 3 is 2.82 bits per heavy atom. The Morgan fingerprint density at radius 2 is 2.36 bits per heavy atom. The molecule has 0 aromatic heterocycles. The minimum atomic E-state index is 0.450. The lowest BCUT2D eigenvalue weighted by atomic mass is 10.3. The van der Waals surface area contributed by atoms with Crippen LogP contribution in [0.3, 0.4) is 0 Å². The zero-order valence-corrected chi connectivity index (χ0v) is 6.63. The van der Waals surface area contributed by atoms with E-state index in [-0.39, 0.29) is 0 Å². The Hall–Kier alpha value is -1.06. The van der Waals surface area contributed by atoms with Gasteiger partial charge in [-0.3, -0.25) is 0 Å². The molecule has 62 valence electrons. The number of halogens is 1. The Bertz CT molecular complexity index is 179. The molecule has 0 atom stereocenters. The van der Waals surface area contributed by atoms with Crippen molar-refractivity contribution in [2.24, 2.45) is 5.10 Å². The smallest absolute Gasteiger partial charge is 0.149 e. The van der Waals surface area contributed by atoms with Crippen LogP contribution in [0.2, 0.25) is 0 Å². The fraction of sp³-hybridized carbons (Fsp3) is 0.571. The van der Waals surface area contributed by atoms with Crippen LogP contribution in [-0.4, -0.2) is 29.9 Å². The number of allylic oxidation sites excluding steroid dienone is 1. The fourth-order valence-corrected chi connectivity index (χ4v) is 1.15. The van der Waals surface area contributed by atoms with E-state index in [2.05, 4.69) is 11.8 Å². The van der Waals surface area contributed by atoms with Crippen molar-refractivity contribution in [3.05, 3.63) is 11.9 Å². The quantitative estimate of drug-likeness (QED) is 0.422. The van der Waals surface area contributed by atoms with Crippen LogP contribution in [0.25, 0.3) is 0 Å². The average molecular weight is 157 g/mol. The summed E-state index contributed by atoms with van der Waals surface area (Å²) in [7, 11) is 0. The highest BCUT2D eigenvalue weighted by atomic mass is 19.2. The predicted octanol–water partition coefficient (Wildman–Crippen LogP) is 1.36. The van der Waals surface area contributed by atoms with Gasteiger partial charge < -0.3 is 0 Å². The van der Waals surface area contributed by atoms with Gasteiger partial charge in [-0.15, -0.1) is 0 Å². The first-order valence-corrected chi connectivity index (χ1v) is 3.63. The molecule has 4 heteroatoms. The molecule has 0 amide bonds. The van der Waals surface area contributed by atoms with E-state index in [1.807, 2.05) is 0 Å². The summed E-state index contributed by atoms with van der Waals surface area (Å²) in [5.41, 5.74) is 0. The predicted molar refractivity (Wildman–Crippen MR) is 42.4 cm³/mol. The fourth-order valence-electron chi connectivity index (χ4n) is 1.15. The van der Waals surface area contributed by atoms with Crippen LogP contribution >= 0.6 is 0 Å². The summed E-state index contributed by atoms with van der Waals surface area (Å²) < 4.78 is 12.9. The second kappa shape index (κ2) is 3.37. The van der Waals surface area contributed by atoms with Crippen LogP contribution in [-0.2, 0) is 0 Å². The van der Waals surface area contributed by atoms with Crippen LogP contribution in [0.4, 0.5) is 4.48 Å². The SMILES string of the molecule is C=NN1CCCN(F)/C1=C/C. The van der Waals surface area contributed by atoms with E-state index >= 15 is 0 Å². The molecule has 1 rings (SSSR count). The Balaban J connectivity index is 2.71. The van der Waals surface area contributed by atoms with Gasteiger partial charge in [0.05, 0.1) is 6.54 Å². The van der Waals surface area contributed by atoms with Crippen molar-refractivity contribution in [3.63, 3.8) is 0 Å². The highest BCUT2D eigenvalue weighted by Crippen LogP contribution is 2.17. The Kier molecular flexibility index (Phi) is 2.46. The second-order valence-corrected chi connectivity index (χ2v) is 2.35. The van der Waals surface area contributed by atoms with Crippen LogP contribution in [0.5, 0.6) is 0 Å². The van der Waals surface area contributed by atoms with Gasteiger partial charge in [0.15, 0.2) is 0 Å². The summed E-state index contributed by atoms with van der Waals surface area (Å²) in [6, 6.07) is 0. The highest BCUT2D eigenvalue weighted by molar-refractivity contribution is 5.23. The first-order chi connectivity index (χ1) is 5.29. The number of nitrogens with zero attached hydrogens (tertiary/aromatic N) is 3. The van der Waals surface area contributed by atoms with Crippen molar-refractivity contribution in [3.8, 4) is 0 Å². The molecular weight excluding hydrogens is 145 g/mol. The molecule has 1 aliphatic rings. The van der Waals surface area contributed by atoms with Crippen LogP contribution < -0.4 is 0 Å². The number of hydrogen-bond donors (Lipinski definition) is 0. The molecule has 0 aromatic carbocycles. The van der Waals surface area contributed by atoms with Gasteiger partial charge >= 0.3 is 0 Å². The van der Waals surface area contributed by atoms with Gasteiger partial charge in [-0.05, 0) is 19.4 Å². The normalized spacial score (nSPS) is 22.5. The van der Waals surface area contributed by atoms with Gasteiger partial charge in [-0.1, -0.05) is 4.48 Å². The van der Waals surface area contributed by atoms with Crippen LogP contribution in [0.15, 0.2) is 17.0 Å². The zero-order chi connectivity index (χ0) is 8.27. The van der Waals surface area contributed by atoms with E-state index in [1.165, 1.54) is 0 Å². The maximum atomic E-state index is 12.9. The minimum Gasteiger partial charge on any atom is -0.248 e. The van der Waals surface area contributed by atoms with Gasteiger partial charge in [-0.2, -0.15) is 10.2 Å². The van der Waals surface area contributed by atoms with Crippen LogP contribution in [0, 0.1) is 0 Å². The third-order valence-corrected chi connectivity index (χ3v) is 1.67. The molecule has 1 heterocycles. The summed E-state index contributed by atoms with van der Waals surface area (Å²) in [5.74, 6) is 0.492. The summed E-state index contributed by atoms with van der Waals surface area (Å²) in [5, 5.41) is 5.94. The average Bonchev–Trinajstić information content (AvgIpc) is 2.04. The van der Waals surface area contributed by atoms with E-state index in [1.54, 1.807) is 18.0 Å². The van der Waals surface area contributed by atoms with Gasteiger partial charge in [0, 0.05) is 13.3 Å². The van der Waals surface area contributed by atoms with Gasteiger partial charge in [-0.25, -0.2) is 5.01 Å². The van der Waals surface area contributed by atoms with E-state index < -0.39 is 0 Å². The van der Waals surface area contributed by atoms with Gasteiger partial charge in [0.1, 0.15) is 5.82 Å². The number of rotatable bonds is 1. The largest absolute Gasteiger partial charge is 0.248 e. The maximum Gasteiger partial charge on any atom is 0.149 e. The first-order valence-electron chi connectivity index (χ1n) is 3.63. The summed E-state index contributed by atoms with van der Waals surface area (Å²) >= 11 is 0. The zero-order valence-electron chi connectivity index (χ0n) is 6.63. The highest BCUT2D eigenvalue weighted by Gasteiger charge is 2.19. The van der Waals surface area contributed by atoms with Crippen molar-refractivity contribution in [1.82, 2.24) is 10.1 Å². The number of hydrogen-bond acceptors (Lipinski definition) is 3. The van der Waals surface area contributed by atoms with Gasteiger partial charge in [0.2, 0.25) is 0 Å². The number of hydrazone groups is 1. The van der Waals surface area contributed by atoms with Gasteiger partial charge in [0.25, 0.3) is 0 Å². The van der Waals surface area contributed by atoms with E-state index in [0.29, 0.717) is 17.5 Å². The standard InChI is InChI=1S/C7H12FN3/c1-3-7-10(8)5-4-6-11(7)9-2/h3H,2,4-6H2,1H3/b7-3-. The minimum absolute atomic E-state index is 0.450. The Labute approximate surface area is 65.7 Å². The lowest BCUT2D eigenvalue weighted by Gasteiger charge is -2.30. The Morgan fingerprint density at radius 1 is 1.64 bits per heavy atom. The topological polar surface area (TPSA) is 18.8 Å². The molecule has 0 unspecified atom stereocenters. The molecule has 1 fully saturated rings. The summed E-state index contributed by atoms with van der Waals surface area (Å²) in [6.07, 6.45) is 2.47. The third-order valence-electron chi connectivity index (χ3n) is 1.67. The molecule has 0 radical (unpaired) electrons. The molecule has 0 N–H and O–H groups in total. The molecule has 3 nitrogen and oxygen atoms in total. The molecular formula is C7H12FN3. The molecule has 1 aliphatic heterocycles. The summed E-state index contributed by atoms with van der Waals surface area (Å²) in [6.45, 7) is 6.35. The van der Waals surface area contributed by atoms with Crippen molar-refractivity contribution < 1.29 is 4.48 Å². The molecule has 0 bridgehead atoms. The molecule has 0 saturated carbocycles. The lowest BCUT2D eigenvalue weighted by molar-refractivity contribution is -0.000916. The third kappa shape index (κ3) is 1.50. The monoisotopic (exact) mass is 157 g/mol. The van der Waals surface area contributed by atoms with E-state index in [9.17, 15) is 4.48 Å². The van der Waals surface area contributed by atoms with E-state index in [4.69, 9.17) is 0 Å². The van der Waals surface area contributed by atoms with Crippen molar-refractivity contribution in [2.75, 3.05) is 13.1 Å². The first kappa shape index (κ1) is 8.04. The van der Waals surface area contributed by atoms with Crippen molar-refractivity contribution >= 4 is 6.72 Å². The molecule has 11 heavy (non-hydrogen) atoms. The van der Waals surface area contributed by atoms with Crippen molar-refractivity contribution in [1.29, 1.82) is 0 Å². The molecule has 0 spiro atoms. The van der Waals surface area contributed by atoms with Crippen molar-refractivity contribution in [2.45, 2.75) is 13.3 Å². The lowest BCUT2D eigenvalue weighted by Crippen LogP contribution is -2.35. The van der Waals surface area contributed by atoms with E-state index in [0.717, 1.165) is 13.0 Å².